The fraction of sp³-hybridized carbons (Fsp3) is 0.286. The second kappa shape index (κ2) is 7.01. The number of benzene rings is 2. The molecule has 4 nitrogen and oxygen atoms in total. The minimum absolute atomic E-state index is 0.0277. The number of amides is 1. The lowest BCUT2D eigenvalue weighted by Gasteiger charge is -2.17. The van der Waals surface area contributed by atoms with E-state index in [-0.39, 0.29) is 11.9 Å². The van der Waals surface area contributed by atoms with Crippen molar-refractivity contribution in [1.29, 1.82) is 0 Å². The zero-order valence-electron chi connectivity index (χ0n) is 15.2. The van der Waals surface area contributed by atoms with Gasteiger partial charge in [-0.3, -0.25) is 4.79 Å². The molecule has 0 fully saturated rings. The highest BCUT2D eigenvalue weighted by Gasteiger charge is 2.17. The molecule has 0 radical (unpaired) electrons. The SMILES string of the molecule is CCOc1ccc2c(ccn2C(C)C(=O)Nc2cc(C)ccc2C)c1. The molecule has 1 amide bonds. The maximum Gasteiger partial charge on any atom is 0.247 e. The Labute approximate surface area is 148 Å². The van der Waals surface area contributed by atoms with Gasteiger partial charge in [-0.2, -0.15) is 0 Å². The Hall–Kier alpha value is -2.75. The van der Waals surface area contributed by atoms with Gasteiger partial charge in [0.2, 0.25) is 5.91 Å². The molecule has 1 heterocycles. The van der Waals surface area contributed by atoms with Crippen LogP contribution in [-0.4, -0.2) is 17.1 Å². The van der Waals surface area contributed by atoms with E-state index in [0.717, 1.165) is 33.5 Å². The van der Waals surface area contributed by atoms with Gasteiger partial charge in [0, 0.05) is 22.8 Å². The molecule has 1 N–H and O–H groups in total. The van der Waals surface area contributed by atoms with E-state index in [4.69, 9.17) is 4.74 Å². The minimum Gasteiger partial charge on any atom is -0.494 e. The molecule has 3 rings (SSSR count). The summed E-state index contributed by atoms with van der Waals surface area (Å²) in [4.78, 5) is 12.7. The van der Waals surface area contributed by atoms with Gasteiger partial charge in [-0.25, -0.2) is 0 Å². The number of ether oxygens (including phenoxy) is 1. The summed E-state index contributed by atoms with van der Waals surface area (Å²) in [5, 5.41) is 4.12. The number of nitrogens with one attached hydrogen (secondary N) is 1. The van der Waals surface area contributed by atoms with Gasteiger partial charge in [-0.1, -0.05) is 12.1 Å². The lowest BCUT2D eigenvalue weighted by atomic mass is 10.1. The average Bonchev–Trinajstić information content (AvgIpc) is 3.01. The molecule has 3 aromatic rings. The molecule has 0 spiro atoms. The second-order valence-electron chi connectivity index (χ2n) is 6.36. The number of rotatable bonds is 5. The molecular formula is C21H24N2O2. The number of nitrogens with zero attached hydrogens (tertiary/aromatic N) is 1. The van der Waals surface area contributed by atoms with Crippen molar-refractivity contribution < 1.29 is 9.53 Å². The van der Waals surface area contributed by atoms with Gasteiger partial charge in [0.25, 0.3) is 0 Å². The topological polar surface area (TPSA) is 43.3 Å². The third kappa shape index (κ3) is 3.53. The van der Waals surface area contributed by atoms with Crippen LogP contribution in [0.4, 0.5) is 5.69 Å². The van der Waals surface area contributed by atoms with E-state index in [2.05, 4.69) is 5.32 Å². The van der Waals surface area contributed by atoms with Gasteiger partial charge in [0.15, 0.2) is 0 Å². The highest BCUT2D eigenvalue weighted by molar-refractivity contribution is 5.95. The van der Waals surface area contributed by atoms with Crippen LogP contribution in [0.5, 0.6) is 5.75 Å². The highest BCUT2D eigenvalue weighted by atomic mass is 16.5. The maximum absolute atomic E-state index is 12.7. The van der Waals surface area contributed by atoms with Crippen molar-refractivity contribution in [3.8, 4) is 5.75 Å². The van der Waals surface area contributed by atoms with E-state index in [1.54, 1.807) is 0 Å². The van der Waals surface area contributed by atoms with E-state index in [0.29, 0.717) is 6.61 Å². The fourth-order valence-corrected chi connectivity index (χ4v) is 2.97. The number of hydrogen-bond acceptors (Lipinski definition) is 2. The van der Waals surface area contributed by atoms with Gasteiger partial charge in [0.1, 0.15) is 11.8 Å². The smallest absolute Gasteiger partial charge is 0.247 e. The number of carbonyl (C=O) groups is 1. The van der Waals surface area contributed by atoms with Crippen molar-refractivity contribution in [1.82, 2.24) is 4.57 Å². The van der Waals surface area contributed by atoms with Crippen molar-refractivity contribution in [3.63, 3.8) is 0 Å². The van der Waals surface area contributed by atoms with E-state index in [9.17, 15) is 4.79 Å². The molecule has 1 aromatic heterocycles. The normalized spacial score (nSPS) is 12.2. The molecule has 4 heteroatoms. The molecule has 1 unspecified atom stereocenters. The third-order valence-corrected chi connectivity index (χ3v) is 4.45. The predicted octanol–water partition coefficient (Wildman–Crippen LogP) is 4.86. The molecule has 25 heavy (non-hydrogen) atoms. The molecule has 0 aliphatic carbocycles. The lowest BCUT2D eigenvalue weighted by molar-refractivity contribution is -0.118. The third-order valence-electron chi connectivity index (χ3n) is 4.45. The number of aromatic nitrogens is 1. The highest BCUT2D eigenvalue weighted by Crippen LogP contribution is 2.26. The zero-order chi connectivity index (χ0) is 18.0. The summed E-state index contributed by atoms with van der Waals surface area (Å²) >= 11 is 0. The van der Waals surface area contributed by atoms with Crippen LogP contribution >= 0.6 is 0 Å². The van der Waals surface area contributed by atoms with Crippen molar-refractivity contribution in [3.05, 3.63) is 59.8 Å². The first-order valence-corrected chi connectivity index (χ1v) is 8.61. The molecule has 2 aromatic carbocycles. The Kier molecular flexibility index (Phi) is 4.79. The number of anilines is 1. The summed E-state index contributed by atoms with van der Waals surface area (Å²) in [5.41, 5.74) is 4.08. The summed E-state index contributed by atoms with van der Waals surface area (Å²) in [6, 6.07) is 13.7. The van der Waals surface area contributed by atoms with Crippen LogP contribution < -0.4 is 10.1 Å². The molecule has 0 saturated heterocycles. The van der Waals surface area contributed by atoms with Crippen molar-refractivity contribution in [2.75, 3.05) is 11.9 Å². The molecule has 0 saturated carbocycles. The van der Waals surface area contributed by atoms with Crippen LogP contribution in [0.15, 0.2) is 48.7 Å². The van der Waals surface area contributed by atoms with Crippen LogP contribution in [0.1, 0.15) is 31.0 Å². The first-order chi connectivity index (χ1) is 12.0. The zero-order valence-corrected chi connectivity index (χ0v) is 15.2. The summed E-state index contributed by atoms with van der Waals surface area (Å²) in [5.74, 6) is 0.820. The number of hydrogen-bond donors (Lipinski definition) is 1. The average molecular weight is 336 g/mol. The quantitative estimate of drug-likeness (QED) is 0.723. The van der Waals surface area contributed by atoms with Gasteiger partial charge in [0.05, 0.1) is 6.61 Å². The number of fused-ring (bicyclic) bond motifs is 1. The standard InChI is InChI=1S/C21H24N2O2/c1-5-25-18-8-9-20-17(13-18)10-11-23(20)16(4)21(24)22-19-12-14(2)6-7-15(19)3/h6-13,16H,5H2,1-4H3,(H,22,24). The molecule has 0 aliphatic rings. The van der Waals surface area contributed by atoms with E-state index in [1.165, 1.54) is 0 Å². The van der Waals surface area contributed by atoms with E-state index >= 15 is 0 Å². The Balaban J connectivity index is 1.84. The van der Waals surface area contributed by atoms with Gasteiger partial charge in [-0.05, 0) is 69.2 Å². The van der Waals surface area contributed by atoms with E-state index in [1.807, 2.05) is 80.9 Å². The Morgan fingerprint density at radius 3 is 2.72 bits per heavy atom. The Morgan fingerprint density at radius 1 is 1.16 bits per heavy atom. The van der Waals surface area contributed by atoms with Crippen molar-refractivity contribution in [2.45, 2.75) is 33.7 Å². The number of carbonyl (C=O) groups excluding carboxylic acids is 1. The van der Waals surface area contributed by atoms with Gasteiger partial charge >= 0.3 is 0 Å². The van der Waals surface area contributed by atoms with Crippen molar-refractivity contribution in [2.24, 2.45) is 0 Å². The summed E-state index contributed by atoms with van der Waals surface area (Å²) < 4.78 is 7.54. The molecular weight excluding hydrogens is 312 g/mol. The Morgan fingerprint density at radius 2 is 1.96 bits per heavy atom. The van der Waals surface area contributed by atoms with Crippen LogP contribution in [0.2, 0.25) is 0 Å². The van der Waals surface area contributed by atoms with E-state index < -0.39 is 0 Å². The molecule has 1 atom stereocenters. The summed E-state index contributed by atoms with van der Waals surface area (Å²) in [7, 11) is 0. The summed E-state index contributed by atoms with van der Waals surface area (Å²) in [6.07, 6.45) is 1.95. The fourth-order valence-electron chi connectivity index (χ4n) is 2.97. The van der Waals surface area contributed by atoms with Gasteiger partial charge in [-0.15, -0.1) is 0 Å². The monoisotopic (exact) mass is 336 g/mol. The minimum atomic E-state index is -0.310. The first kappa shape index (κ1) is 17.1. The second-order valence-corrected chi connectivity index (χ2v) is 6.36. The molecule has 0 aliphatic heterocycles. The van der Waals surface area contributed by atoms with Crippen molar-refractivity contribution >= 4 is 22.5 Å². The number of aryl methyl sites for hydroxylation is 2. The van der Waals surface area contributed by atoms with Crippen LogP contribution in [0.3, 0.4) is 0 Å². The predicted molar refractivity (Wildman–Crippen MR) is 102 cm³/mol. The molecule has 130 valence electrons. The summed E-state index contributed by atoms with van der Waals surface area (Å²) in [6.45, 7) is 8.54. The Bertz CT molecular complexity index is 911. The van der Waals surface area contributed by atoms with Crippen LogP contribution in [0, 0.1) is 13.8 Å². The lowest BCUT2D eigenvalue weighted by Crippen LogP contribution is -2.23. The maximum atomic E-state index is 12.7. The molecule has 0 bridgehead atoms. The first-order valence-electron chi connectivity index (χ1n) is 8.61. The van der Waals surface area contributed by atoms with Crippen LogP contribution in [0.25, 0.3) is 10.9 Å². The largest absolute Gasteiger partial charge is 0.494 e. The van der Waals surface area contributed by atoms with Gasteiger partial charge < -0.3 is 14.6 Å². The van der Waals surface area contributed by atoms with Crippen LogP contribution in [-0.2, 0) is 4.79 Å².